The lowest BCUT2D eigenvalue weighted by Gasteiger charge is -2.29. The fourth-order valence-electron chi connectivity index (χ4n) is 6.06. The second-order valence-electron chi connectivity index (χ2n) is 12.7. The van der Waals surface area contributed by atoms with Crippen molar-refractivity contribution in [3.63, 3.8) is 0 Å². The summed E-state index contributed by atoms with van der Waals surface area (Å²) in [5, 5.41) is 12.6. The Kier molecular flexibility index (Phi) is 10.2. The summed E-state index contributed by atoms with van der Waals surface area (Å²) in [5.74, 6) is -1.37. The van der Waals surface area contributed by atoms with Crippen molar-refractivity contribution in [2.75, 3.05) is 4.90 Å². The number of ether oxygens (including phenoxy) is 1. The summed E-state index contributed by atoms with van der Waals surface area (Å²) in [7, 11) is 0. The monoisotopic (exact) mass is 571 g/mol. The van der Waals surface area contributed by atoms with E-state index >= 15 is 0 Å². The van der Waals surface area contributed by atoms with E-state index in [9.17, 15) is 24.4 Å². The Morgan fingerprint density at radius 2 is 1.79 bits per heavy atom. The smallest absolute Gasteiger partial charge is 0.415 e. The average Bonchev–Trinajstić information content (AvgIpc) is 3.36. The molecule has 2 amide bonds. The molecule has 1 fully saturated rings. The first-order valence-electron chi connectivity index (χ1n) is 14.9. The van der Waals surface area contributed by atoms with Crippen LogP contribution in [-0.2, 0) is 32.1 Å². The zero-order valence-electron chi connectivity index (χ0n) is 24.8. The van der Waals surface area contributed by atoms with Crippen LogP contribution in [0.1, 0.15) is 76.8 Å². The zero-order valence-corrected chi connectivity index (χ0v) is 24.8. The lowest BCUT2D eigenvalue weighted by atomic mass is 9.80. The Morgan fingerprint density at radius 3 is 2.48 bits per heavy atom. The SMILES string of the molecule is CC(C)(C)C[C@H](CC(=O)[C@H]1Cc2ccccc2N1C(=O)OCc1ccccc1)C(=O)N[C@H](C#N)C[C@@H]1CCCCC1=O. The summed E-state index contributed by atoms with van der Waals surface area (Å²) in [6.07, 6.45) is 3.42. The molecule has 2 aromatic carbocycles. The summed E-state index contributed by atoms with van der Waals surface area (Å²) in [6, 6.07) is 17.3. The van der Waals surface area contributed by atoms with Crippen LogP contribution >= 0.6 is 0 Å². The number of rotatable bonds is 10. The van der Waals surface area contributed by atoms with Gasteiger partial charge in [0.05, 0.1) is 11.8 Å². The van der Waals surface area contributed by atoms with Crippen molar-refractivity contribution in [1.82, 2.24) is 5.32 Å². The molecule has 0 unspecified atom stereocenters. The molecule has 1 saturated carbocycles. The van der Waals surface area contributed by atoms with E-state index < -0.39 is 24.1 Å². The maximum Gasteiger partial charge on any atom is 0.415 e. The van der Waals surface area contributed by atoms with Gasteiger partial charge in [-0.15, -0.1) is 0 Å². The fraction of sp³-hybridized carbons (Fsp3) is 0.500. The molecule has 42 heavy (non-hydrogen) atoms. The lowest BCUT2D eigenvalue weighted by molar-refractivity contribution is -0.131. The highest BCUT2D eigenvalue weighted by atomic mass is 16.6. The third-order valence-corrected chi connectivity index (χ3v) is 8.10. The average molecular weight is 572 g/mol. The number of nitriles is 1. The summed E-state index contributed by atoms with van der Waals surface area (Å²) in [4.78, 5) is 54.5. The maximum absolute atomic E-state index is 13.9. The van der Waals surface area contributed by atoms with Gasteiger partial charge in [-0.05, 0) is 48.3 Å². The maximum atomic E-state index is 13.9. The van der Waals surface area contributed by atoms with E-state index in [0.29, 0.717) is 24.9 Å². The van der Waals surface area contributed by atoms with E-state index in [2.05, 4.69) is 11.4 Å². The van der Waals surface area contributed by atoms with Gasteiger partial charge < -0.3 is 10.1 Å². The van der Waals surface area contributed by atoms with Crippen molar-refractivity contribution in [3.05, 3.63) is 65.7 Å². The number of carbonyl (C=O) groups excluding carboxylic acids is 4. The quantitative estimate of drug-likeness (QED) is 0.378. The van der Waals surface area contributed by atoms with E-state index in [4.69, 9.17) is 4.74 Å². The highest BCUT2D eigenvalue weighted by Crippen LogP contribution is 2.35. The van der Waals surface area contributed by atoms with Crippen LogP contribution in [0.5, 0.6) is 0 Å². The van der Waals surface area contributed by atoms with Crippen LogP contribution in [0.3, 0.4) is 0 Å². The van der Waals surface area contributed by atoms with Crippen LogP contribution in [-0.4, -0.2) is 35.7 Å². The summed E-state index contributed by atoms with van der Waals surface area (Å²) >= 11 is 0. The largest absolute Gasteiger partial charge is 0.444 e. The number of para-hydroxylation sites is 1. The molecule has 8 heteroatoms. The number of benzene rings is 2. The van der Waals surface area contributed by atoms with Crippen LogP contribution in [0.15, 0.2) is 54.6 Å². The molecular formula is C34H41N3O5. The second kappa shape index (κ2) is 13.8. The predicted molar refractivity (Wildman–Crippen MR) is 159 cm³/mol. The van der Waals surface area contributed by atoms with Gasteiger partial charge in [0.15, 0.2) is 5.78 Å². The molecule has 1 aliphatic carbocycles. The topological polar surface area (TPSA) is 117 Å². The second-order valence-corrected chi connectivity index (χ2v) is 12.7. The molecule has 0 radical (unpaired) electrons. The van der Waals surface area contributed by atoms with Gasteiger partial charge in [-0.2, -0.15) is 5.26 Å². The van der Waals surface area contributed by atoms with E-state index in [1.807, 2.05) is 69.3 Å². The third kappa shape index (κ3) is 8.06. The molecule has 8 nitrogen and oxygen atoms in total. The van der Waals surface area contributed by atoms with Crippen molar-refractivity contribution in [3.8, 4) is 6.07 Å². The molecule has 1 heterocycles. The number of amides is 2. The minimum atomic E-state index is -0.803. The van der Waals surface area contributed by atoms with Crippen LogP contribution in [0.4, 0.5) is 10.5 Å². The van der Waals surface area contributed by atoms with Crippen LogP contribution in [0, 0.1) is 28.6 Å². The lowest BCUT2D eigenvalue weighted by Crippen LogP contribution is -2.46. The summed E-state index contributed by atoms with van der Waals surface area (Å²) in [5.41, 5.74) is 2.07. The number of ketones is 2. The van der Waals surface area contributed by atoms with Crippen molar-refractivity contribution in [1.29, 1.82) is 5.26 Å². The highest BCUT2D eigenvalue weighted by molar-refractivity contribution is 6.02. The Labute approximate surface area is 248 Å². The van der Waals surface area contributed by atoms with Crippen LogP contribution < -0.4 is 10.2 Å². The van der Waals surface area contributed by atoms with Crippen molar-refractivity contribution >= 4 is 29.3 Å². The molecule has 0 aromatic heterocycles. The minimum Gasteiger partial charge on any atom is -0.444 e. The number of nitrogens with one attached hydrogen (secondary N) is 1. The van der Waals surface area contributed by atoms with E-state index in [1.54, 1.807) is 6.07 Å². The highest BCUT2D eigenvalue weighted by Gasteiger charge is 2.41. The molecule has 2 aliphatic rings. The van der Waals surface area contributed by atoms with Crippen molar-refractivity contribution in [2.45, 2.75) is 90.8 Å². The van der Waals surface area contributed by atoms with Gasteiger partial charge in [0.1, 0.15) is 24.5 Å². The Morgan fingerprint density at radius 1 is 1.07 bits per heavy atom. The van der Waals surface area contributed by atoms with Gasteiger partial charge in [0, 0.05) is 31.1 Å². The van der Waals surface area contributed by atoms with Gasteiger partial charge >= 0.3 is 6.09 Å². The summed E-state index contributed by atoms with van der Waals surface area (Å²) in [6.45, 7) is 6.07. The third-order valence-electron chi connectivity index (χ3n) is 8.10. The first-order chi connectivity index (χ1) is 20.1. The number of fused-ring (bicyclic) bond motifs is 1. The minimum absolute atomic E-state index is 0.0767. The number of anilines is 1. The normalized spacial score (nSPS) is 19.8. The fourth-order valence-corrected chi connectivity index (χ4v) is 6.06. The molecule has 4 rings (SSSR count). The number of carbonyl (C=O) groups is 4. The van der Waals surface area contributed by atoms with Gasteiger partial charge in [0.25, 0.3) is 0 Å². The first kappa shape index (κ1) is 31.0. The van der Waals surface area contributed by atoms with E-state index in [0.717, 1.165) is 30.4 Å². The number of Topliss-reactive ketones (excluding diaryl/α,β-unsaturated/α-hetero) is 2. The number of hydrogen-bond acceptors (Lipinski definition) is 6. The van der Waals surface area contributed by atoms with Crippen molar-refractivity contribution in [2.24, 2.45) is 17.3 Å². The van der Waals surface area contributed by atoms with Crippen molar-refractivity contribution < 1.29 is 23.9 Å². The molecule has 0 bridgehead atoms. The van der Waals surface area contributed by atoms with Crippen LogP contribution in [0.2, 0.25) is 0 Å². The molecule has 1 aliphatic heterocycles. The molecular weight excluding hydrogens is 530 g/mol. The van der Waals surface area contributed by atoms with Gasteiger partial charge in [0.2, 0.25) is 5.91 Å². The summed E-state index contributed by atoms with van der Waals surface area (Å²) < 4.78 is 5.62. The Bertz CT molecular complexity index is 1330. The number of hydrogen-bond donors (Lipinski definition) is 1. The van der Waals surface area contributed by atoms with Gasteiger partial charge in [-0.1, -0.05) is 75.7 Å². The predicted octanol–water partition coefficient (Wildman–Crippen LogP) is 5.92. The molecule has 4 atom stereocenters. The van der Waals surface area contributed by atoms with E-state index in [-0.39, 0.29) is 48.3 Å². The number of nitrogens with zero attached hydrogens (tertiary/aromatic N) is 2. The van der Waals surface area contributed by atoms with E-state index in [1.165, 1.54) is 4.90 Å². The first-order valence-corrected chi connectivity index (χ1v) is 14.9. The molecule has 0 saturated heterocycles. The molecule has 0 spiro atoms. The molecule has 2 aromatic rings. The Balaban J connectivity index is 1.48. The van der Waals surface area contributed by atoms with Gasteiger partial charge in [-0.25, -0.2) is 4.79 Å². The molecule has 1 N–H and O–H groups in total. The molecule has 222 valence electrons. The zero-order chi connectivity index (χ0) is 30.3. The van der Waals surface area contributed by atoms with Crippen LogP contribution in [0.25, 0.3) is 0 Å². The van der Waals surface area contributed by atoms with Gasteiger partial charge in [-0.3, -0.25) is 19.3 Å². The Hall–Kier alpha value is -3.99. The standard InChI is InChI=1S/C34H41N3O5/c1-34(2,3)20-26(32(40)36-27(21-35)17-25-14-8-10-16-30(25)38)19-31(39)29-18-24-13-7-9-15-28(24)37(29)33(41)42-22-23-11-5-4-6-12-23/h4-7,9,11-13,15,25-27,29H,8,10,14,16-20,22H2,1-3H3,(H,36,40)/t25-,26-,27-,29+/m0/s1.